The van der Waals surface area contributed by atoms with Gasteiger partial charge in [0.2, 0.25) is 5.91 Å². The molecule has 1 fully saturated rings. The quantitative estimate of drug-likeness (QED) is 0.305. The van der Waals surface area contributed by atoms with Gasteiger partial charge in [-0.2, -0.15) is 0 Å². The standard InChI is InChI=1S/C22H20N2O6S/c1-13(25)19-17-11-18(31-16-5-3-2-4-6-16)20(23(17)21(19)26)22(27)30-12-14-7-9-15(10-8-14)24(28)29/h2-10,13,17,19,25H,11-12H2,1H3/t13-,17+,19+/m0/s1. The summed E-state index contributed by atoms with van der Waals surface area (Å²) in [5.41, 5.74) is 0.763. The second-order valence-electron chi connectivity index (χ2n) is 7.43. The van der Waals surface area contributed by atoms with Crippen molar-refractivity contribution < 1.29 is 24.4 Å². The number of aliphatic hydroxyl groups excluding tert-OH is 1. The van der Waals surface area contributed by atoms with Crippen molar-refractivity contribution in [2.24, 2.45) is 5.92 Å². The monoisotopic (exact) mass is 440 g/mol. The number of amides is 1. The number of nitrogens with zero attached hydrogens (tertiary/aromatic N) is 2. The molecule has 0 aromatic heterocycles. The van der Waals surface area contributed by atoms with E-state index in [1.807, 2.05) is 30.3 Å². The molecule has 0 radical (unpaired) electrons. The molecule has 9 heteroatoms. The Labute approximate surface area is 182 Å². The summed E-state index contributed by atoms with van der Waals surface area (Å²) < 4.78 is 5.44. The highest BCUT2D eigenvalue weighted by Gasteiger charge is 2.57. The molecule has 31 heavy (non-hydrogen) atoms. The van der Waals surface area contributed by atoms with E-state index < -0.39 is 22.9 Å². The Bertz CT molecular complexity index is 1050. The van der Waals surface area contributed by atoms with E-state index in [-0.39, 0.29) is 29.9 Å². The van der Waals surface area contributed by atoms with Crippen LogP contribution in [0.3, 0.4) is 0 Å². The lowest BCUT2D eigenvalue weighted by Crippen LogP contribution is -2.61. The molecule has 1 amide bonds. The summed E-state index contributed by atoms with van der Waals surface area (Å²) >= 11 is 1.41. The van der Waals surface area contributed by atoms with Gasteiger partial charge >= 0.3 is 5.97 Å². The molecule has 2 aromatic carbocycles. The molecule has 2 aliphatic rings. The number of nitro benzene ring substituents is 1. The van der Waals surface area contributed by atoms with Gasteiger partial charge in [-0.15, -0.1) is 0 Å². The Kier molecular flexibility index (Phi) is 5.79. The van der Waals surface area contributed by atoms with Crippen LogP contribution < -0.4 is 0 Å². The number of aliphatic hydroxyl groups is 1. The number of benzene rings is 2. The van der Waals surface area contributed by atoms with Crippen LogP contribution in [0.15, 0.2) is 70.1 Å². The van der Waals surface area contributed by atoms with Crippen molar-refractivity contribution in [3.8, 4) is 0 Å². The third-order valence-corrected chi connectivity index (χ3v) is 6.50. The van der Waals surface area contributed by atoms with Crippen LogP contribution >= 0.6 is 11.8 Å². The fourth-order valence-electron chi connectivity index (χ4n) is 3.87. The van der Waals surface area contributed by atoms with E-state index in [0.717, 1.165) is 9.80 Å². The molecule has 2 heterocycles. The number of nitro groups is 1. The molecule has 0 bridgehead atoms. The van der Waals surface area contributed by atoms with Crippen molar-refractivity contribution in [1.82, 2.24) is 4.90 Å². The van der Waals surface area contributed by atoms with Crippen molar-refractivity contribution in [2.75, 3.05) is 0 Å². The Morgan fingerprint density at radius 3 is 2.55 bits per heavy atom. The molecule has 2 aromatic rings. The molecule has 2 aliphatic heterocycles. The fourth-order valence-corrected chi connectivity index (χ4v) is 4.98. The first-order valence-corrected chi connectivity index (χ1v) is 10.6. The lowest BCUT2D eigenvalue weighted by molar-refractivity contribution is -0.384. The third-order valence-electron chi connectivity index (χ3n) is 5.38. The number of β-lactam (4-membered cyclic amide) rings is 1. The van der Waals surface area contributed by atoms with Crippen LogP contribution in [0, 0.1) is 16.0 Å². The summed E-state index contributed by atoms with van der Waals surface area (Å²) in [5.74, 6) is -1.45. The van der Waals surface area contributed by atoms with Gasteiger partial charge in [0.05, 0.1) is 23.0 Å². The summed E-state index contributed by atoms with van der Waals surface area (Å²) in [4.78, 5) is 38.9. The van der Waals surface area contributed by atoms with Crippen LogP contribution in [-0.4, -0.2) is 39.0 Å². The van der Waals surface area contributed by atoms with Crippen molar-refractivity contribution in [3.63, 3.8) is 0 Å². The Balaban J connectivity index is 1.54. The first-order chi connectivity index (χ1) is 14.9. The van der Waals surface area contributed by atoms with Gasteiger partial charge in [-0.25, -0.2) is 4.79 Å². The highest BCUT2D eigenvalue weighted by atomic mass is 32.2. The van der Waals surface area contributed by atoms with Crippen molar-refractivity contribution in [2.45, 2.75) is 37.0 Å². The summed E-state index contributed by atoms with van der Waals surface area (Å²) in [6, 6.07) is 15.0. The van der Waals surface area contributed by atoms with Crippen LogP contribution in [-0.2, 0) is 20.9 Å². The summed E-state index contributed by atoms with van der Waals surface area (Å²) in [6.07, 6.45) is -0.324. The van der Waals surface area contributed by atoms with Crippen molar-refractivity contribution in [3.05, 3.63) is 80.9 Å². The van der Waals surface area contributed by atoms with Gasteiger partial charge in [0.1, 0.15) is 12.3 Å². The van der Waals surface area contributed by atoms with Gasteiger partial charge in [0, 0.05) is 28.4 Å². The normalized spacial score (nSPS) is 20.8. The minimum Gasteiger partial charge on any atom is -0.456 e. The predicted molar refractivity (Wildman–Crippen MR) is 113 cm³/mol. The highest BCUT2D eigenvalue weighted by Crippen LogP contribution is 2.48. The molecular weight excluding hydrogens is 420 g/mol. The Morgan fingerprint density at radius 1 is 1.26 bits per heavy atom. The zero-order valence-electron chi connectivity index (χ0n) is 16.6. The minimum absolute atomic E-state index is 0.0479. The van der Waals surface area contributed by atoms with E-state index >= 15 is 0 Å². The number of carbonyl (C=O) groups is 2. The number of fused-ring (bicyclic) bond motifs is 1. The van der Waals surface area contributed by atoms with E-state index in [0.29, 0.717) is 12.0 Å². The smallest absolute Gasteiger partial charge is 0.356 e. The zero-order valence-corrected chi connectivity index (χ0v) is 17.5. The third kappa shape index (κ3) is 4.06. The Morgan fingerprint density at radius 2 is 1.94 bits per heavy atom. The molecule has 8 nitrogen and oxygen atoms in total. The zero-order chi connectivity index (χ0) is 22.1. The van der Waals surface area contributed by atoms with Crippen LogP contribution in [0.5, 0.6) is 0 Å². The van der Waals surface area contributed by atoms with E-state index in [1.54, 1.807) is 6.92 Å². The topological polar surface area (TPSA) is 110 Å². The molecule has 0 saturated carbocycles. The molecule has 3 atom stereocenters. The highest BCUT2D eigenvalue weighted by molar-refractivity contribution is 8.03. The number of hydrogen-bond donors (Lipinski definition) is 1. The second kappa shape index (κ2) is 8.52. The molecule has 1 N–H and O–H groups in total. The van der Waals surface area contributed by atoms with Gasteiger partial charge in [0.25, 0.3) is 5.69 Å². The maximum Gasteiger partial charge on any atom is 0.356 e. The van der Waals surface area contributed by atoms with Gasteiger partial charge in [-0.05, 0) is 36.8 Å². The Hall–Kier alpha value is -3.17. The van der Waals surface area contributed by atoms with Crippen LogP contribution in [0.2, 0.25) is 0 Å². The molecule has 0 aliphatic carbocycles. The number of non-ortho nitro benzene ring substituents is 1. The molecular formula is C22H20N2O6S. The van der Waals surface area contributed by atoms with Crippen LogP contribution in [0.1, 0.15) is 18.9 Å². The SMILES string of the molecule is C[C@H](O)[C@H]1C(=O)N2C(C(=O)OCc3ccc([N+](=O)[O-])cc3)=C(Sc3ccccc3)C[C@H]12. The van der Waals surface area contributed by atoms with Crippen molar-refractivity contribution >= 4 is 29.3 Å². The lowest BCUT2D eigenvalue weighted by Gasteiger charge is -2.44. The average Bonchev–Trinajstić information content (AvgIpc) is 3.06. The number of ether oxygens (including phenoxy) is 1. The second-order valence-corrected chi connectivity index (χ2v) is 8.60. The largest absolute Gasteiger partial charge is 0.456 e. The van der Waals surface area contributed by atoms with E-state index in [2.05, 4.69) is 0 Å². The average molecular weight is 440 g/mol. The predicted octanol–water partition coefficient (Wildman–Crippen LogP) is 3.25. The maximum absolute atomic E-state index is 12.9. The van der Waals surface area contributed by atoms with Gasteiger partial charge in [0.15, 0.2) is 0 Å². The molecule has 0 unspecified atom stereocenters. The number of esters is 1. The van der Waals surface area contributed by atoms with E-state index in [1.165, 1.54) is 40.9 Å². The summed E-state index contributed by atoms with van der Waals surface area (Å²) in [6.45, 7) is 1.50. The first-order valence-electron chi connectivity index (χ1n) is 9.74. The van der Waals surface area contributed by atoms with E-state index in [4.69, 9.17) is 4.74 Å². The maximum atomic E-state index is 12.9. The molecule has 0 spiro atoms. The lowest BCUT2D eigenvalue weighted by atomic mass is 9.83. The van der Waals surface area contributed by atoms with Crippen LogP contribution in [0.25, 0.3) is 0 Å². The molecule has 1 saturated heterocycles. The number of thioether (sulfide) groups is 1. The summed E-state index contributed by atoms with van der Waals surface area (Å²) in [7, 11) is 0. The summed E-state index contributed by atoms with van der Waals surface area (Å²) in [5, 5.41) is 20.7. The van der Waals surface area contributed by atoms with Gasteiger partial charge in [-0.3, -0.25) is 14.9 Å². The van der Waals surface area contributed by atoms with Crippen LogP contribution in [0.4, 0.5) is 5.69 Å². The van der Waals surface area contributed by atoms with E-state index in [9.17, 15) is 24.8 Å². The number of rotatable bonds is 7. The molecule has 160 valence electrons. The fraction of sp³-hybridized carbons (Fsp3) is 0.273. The minimum atomic E-state index is -0.799. The van der Waals surface area contributed by atoms with Gasteiger partial charge in [-0.1, -0.05) is 30.0 Å². The first kappa shape index (κ1) is 21.1. The molecule has 4 rings (SSSR count). The number of hydrogen-bond acceptors (Lipinski definition) is 7. The number of carbonyl (C=O) groups excluding carboxylic acids is 2. The van der Waals surface area contributed by atoms with Gasteiger partial charge < -0.3 is 14.7 Å². The van der Waals surface area contributed by atoms with Crippen molar-refractivity contribution in [1.29, 1.82) is 0 Å².